The maximum absolute atomic E-state index is 6.01. The van der Waals surface area contributed by atoms with E-state index >= 15 is 0 Å². The molecule has 2 heterocycles. The molecule has 2 aliphatic heterocycles. The van der Waals surface area contributed by atoms with Crippen molar-refractivity contribution in [2.75, 3.05) is 26.3 Å². The van der Waals surface area contributed by atoms with Gasteiger partial charge in [0.2, 0.25) is 0 Å². The maximum atomic E-state index is 6.01. The van der Waals surface area contributed by atoms with Gasteiger partial charge in [-0.1, -0.05) is 23.7 Å². The van der Waals surface area contributed by atoms with Gasteiger partial charge in [0.25, 0.3) is 0 Å². The van der Waals surface area contributed by atoms with E-state index in [9.17, 15) is 0 Å². The molecule has 1 spiro atoms. The van der Waals surface area contributed by atoms with Crippen molar-refractivity contribution in [3.63, 3.8) is 0 Å². The first kappa shape index (κ1) is 12.4. The van der Waals surface area contributed by atoms with Gasteiger partial charge in [-0.25, -0.2) is 0 Å². The largest absolute Gasteiger partial charge is 0.347 e. The van der Waals surface area contributed by atoms with E-state index in [0.717, 1.165) is 50.7 Å². The van der Waals surface area contributed by atoms with Gasteiger partial charge in [-0.05, 0) is 12.1 Å². The zero-order valence-electron chi connectivity index (χ0n) is 10.5. The Morgan fingerprint density at radius 3 is 2.56 bits per heavy atom. The van der Waals surface area contributed by atoms with E-state index in [1.165, 1.54) is 5.56 Å². The summed E-state index contributed by atoms with van der Waals surface area (Å²) in [6.07, 6.45) is 2.01. The molecule has 3 nitrogen and oxygen atoms in total. The second-order valence-corrected chi connectivity index (χ2v) is 5.60. The average molecular weight is 269 g/mol. The molecule has 0 unspecified atom stereocenters. The average Bonchev–Trinajstić information content (AvgIpc) is 2.81. The summed E-state index contributed by atoms with van der Waals surface area (Å²) in [4.78, 5) is 1.59. The molecule has 1 N–H and O–H groups in total. The van der Waals surface area contributed by atoms with Crippen LogP contribution in [0.25, 0.3) is 0 Å². The Labute approximate surface area is 113 Å². The molecule has 2 fully saturated rings. The quantitative estimate of drug-likeness (QED) is 0.873. The Kier molecular flexibility index (Phi) is 3.57. The van der Waals surface area contributed by atoms with Crippen LogP contribution in [0.15, 0.2) is 24.3 Å². The molecule has 2 saturated heterocycles. The van der Waals surface area contributed by atoms with E-state index in [-0.39, 0.29) is 5.79 Å². The maximum Gasteiger partial charge on any atom is 0.179 e. The highest BCUT2D eigenvalue weighted by atomic mass is 35.5. The summed E-state index contributed by atoms with van der Waals surface area (Å²) < 4.78 is 11.5. The molecule has 1 aromatic rings. The molecule has 0 radical (unpaired) electrons. The Morgan fingerprint density at radius 2 is 1.89 bits per heavy atom. The van der Waals surface area contributed by atoms with Crippen molar-refractivity contribution in [2.45, 2.75) is 25.2 Å². The van der Waals surface area contributed by atoms with Crippen LogP contribution in [0.2, 0.25) is 5.02 Å². The predicted molar refractivity (Wildman–Crippen MR) is 69.7 cm³/mol. The fourth-order valence-electron chi connectivity index (χ4n) is 2.88. The molecular formula is C14H19ClNO2+. The van der Waals surface area contributed by atoms with Crippen molar-refractivity contribution in [1.82, 2.24) is 0 Å². The van der Waals surface area contributed by atoms with Crippen LogP contribution < -0.4 is 4.90 Å². The van der Waals surface area contributed by atoms with Gasteiger partial charge < -0.3 is 14.4 Å². The lowest BCUT2D eigenvalue weighted by Gasteiger charge is -2.35. The summed E-state index contributed by atoms with van der Waals surface area (Å²) >= 11 is 6.01. The molecule has 98 valence electrons. The van der Waals surface area contributed by atoms with Gasteiger partial charge in [-0.15, -0.1) is 0 Å². The highest BCUT2D eigenvalue weighted by Crippen LogP contribution is 2.27. The van der Waals surface area contributed by atoms with Gasteiger partial charge in [0.15, 0.2) is 5.79 Å². The minimum absolute atomic E-state index is 0.252. The zero-order valence-corrected chi connectivity index (χ0v) is 11.2. The number of likely N-dealkylation sites (tertiary alicyclic amines) is 1. The topological polar surface area (TPSA) is 22.9 Å². The van der Waals surface area contributed by atoms with E-state index < -0.39 is 0 Å². The molecule has 0 atom stereocenters. The molecule has 2 aliphatic rings. The van der Waals surface area contributed by atoms with Crippen LogP contribution in [0.4, 0.5) is 0 Å². The number of hydrogen-bond acceptors (Lipinski definition) is 2. The number of halogens is 1. The summed E-state index contributed by atoms with van der Waals surface area (Å²) in [7, 11) is 0. The van der Waals surface area contributed by atoms with Crippen LogP contribution in [0.5, 0.6) is 0 Å². The second kappa shape index (κ2) is 5.17. The summed E-state index contributed by atoms with van der Waals surface area (Å²) in [5.41, 5.74) is 1.31. The third-order valence-corrected chi connectivity index (χ3v) is 4.11. The molecule has 0 bridgehead atoms. The Hall–Kier alpha value is -0.610. The lowest BCUT2D eigenvalue weighted by Crippen LogP contribution is -3.12. The van der Waals surface area contributed by atoms with Gasteiger partial charge in [0.05, 0.1) is 39.1 Å². The highest BCUT2D eigenvalue weighted by Gasteiger charge is 2.41. The first-order chi connectivity index (χ1) is 8.76. The van der Waals surface area contributed by atoms with Gasteiger partial charge in [-0.3, -0.25) is 0 Å². The third kappa shape index (κ3) is 2.69. The number of ether oxygens (including phenoxy) is 2. The summed E-state index contributed by atoms with van der Waals surface area (Å²) in [5.74, 6) is -0.252. The summed E-state index contributed by atoms with van der Waals surface area (Å²) in [6, 6.07) is 8.14. The molecule has 4 heteroatoms. The molecule has 1 aromatic carbocycles. The van der Waals surface area contributed by atoms with E-state index in [1.807, 2.05) is 12.1 Å². The Morgan fingerprint density at radius 1 is 1.17 bits per heavy atom. The fourth-order valence-corrected chi connectivity index (χ4v) is 3.10. The van der Waals surface area contributed by atoms with E-state index in [1.54, 1.807) is 4.90 Å². The lowest BCUT2D eigenvalue weighted by molar-refractivity contribution is -0.922. The minimum Gasteiger partial charge on any atom is -0.347 e. The Bertz CT molecular complexity index is 408. The van der Waals surface area contributed by atoms with Crippen LogP contribution in [-0.2, 0) is 16.0 Å². The van der Waals surface area contributed by atoms with Gasteiger partial charge in [0, 0.05) is 10.6 Å². The van der Waals surface area contributed by atoms with Crippen LogP contribution >= 0.6 is 11.6 Å². The number of hydrogen-bond donors (Lipinski definition) is 1. The minimum atomic E-state index is -0.252. The van der Waals surface area contributed by atoms with Gasteiger partial charge in [0.1, 0.15) is 6.54 Å². The highest BCUT2D eigenvalue weighted by molar-refractivity contribution is 6.30. The van der Waals surface area contributed by atoms with E-state index in [0.29, 0.717) is 0 Å². The van der Waals surface area contributed by atoms with Crippen molar-refractivity contribution in [3.8, 4) is 0 Å². The third-order valence-electron chi connectivity index (χ3n) is 3.88. The summed E-state index contributed by atoms with van der Waals surface area (Å²) in [5, 5.41) is 0.822. The van der Waals surface area contributed by atoms with Gasteiger partial charge in [-0.2, -0.15) is 0 Å². The number of nitrogens with one attached hydrogen (secondary N) is 1. The molecule has 0 amide bonds. The van der Waals surface area contributed by atoms with Crippen LogP contribution in [0.1, 0.15) is 18.4 Å². The lowest BCUT2D eigenvalue weighted by atomic mass is 10.0. The monoisotopic (exact) mass is 268 g/mol. The van der Waals surface area contributed by atoms with Crippen molar-refractivity contribution in [1.29, 1.82) is 0 Å². The molecule has 0 aliphatic carbocycles. The first-order valence-electron chi connectivity index (χ1n) is 6.62. The fraction of sp³-hybridized carbons (Fsp3) is 0.571. The van der Waals surface area contributed by atoms with Crippen LogP contribution in [0, 0.1) is 0 Å². The molecule has 0 aromatic heterocycles. The molecule has 0 saturated carbocycles. The van der Waals surface area contributed by atoms with E-state index in [2.05, 4.69) is 12.1 Å². The predicted octanol–water partition coefficient (Wildman–Crippen LogP) is 1.26. The van der Waals surface area contributed by atoms with E-state index in [4.69, 9.17) is 21.1 Å². The van der Waals surface area contributed by atoms with Crippen molar-refractivity contribution in [3.05, 3.63) is 34.9 Å². The number of benzene rings is 1. The molecule has 3 rings (SSSR count). The van der Waals surface area contributed by atoms with Crippen LogP contribution in [0.3, 0.4) is 0 Å². The van der Waals surface area contributed by atoms with Crippen molar-refractivity contribution >= 4 is 11.6 Å². The summed E-state index contributed by atoms with van der Waals surface area (Å²) in [6.45, 7) is 4.75. The Balaban J connectivity index is 1.57. The number of quaternary nitrogens is 1. The van der Waals surface area contributed by atoms with Crippen LogP contribution in [-0.4, -0.2) is 32.1 Å². The first-order valence-corrected chi connectivity index (χ1v) is 7.00. The number of piperidine rings is 1. The zero-order chi connectivity index (χ0) is 12.4. The van der Waals surface area contributed by atoms with Gasteiger partial charge >= 0.3 is 0 Å². The number of rotatable bonds is 2. The smallest absolute Gasteiger partial charge is 0.179 e. The molecule has 18 heavy (non-hydrogen) atoms. The standard InChI is InChI=1S/C14H18ClNO2/c15-13-3-1-2-12(10-13)11-16-6-4-14(5-7-16)17-8-9-18-14/h1-3,10H,4-9,11H2/p+1. The molecular weight excluding hydrogens is 250 g/mol. The van der Waals surface area contributed by atoms with Crippen molar-refractivity contribution in [2.24, 2.45) is 0 Å². The normalized spacial score (nSPS) is 23.6. The SMILES string of the molecule is Clc1cccc(C[NH+]2CCC3(CC2)OCCO3)c1. The van der Waals surface area contributed by atoms with Crippen molar-refractivity contribution < 1.29 is 14.4 Å². The second-order valence-electron chi connectivity index (χ2n) is 5.16.